The van der Waals surface area contributed by atoms with Crippen molar-refractivity contribution in [2.75, 3.05) is 18.5 Å². The van der Waals surface area contributed by atoms with Crippen LogP contribution in [-0.4, -0.2) is 24.1 Å². The van der Waals surface area contributed by atoms with Crippen molar-refractivity contribution in [3.05, 3.63) is 57.4 Å². The first-order chi connectivity index (χ1) is 13.5. The molecule has 0 saturated carbocycles. The molecule has 2 aromatic carbocycles. The fraction of sp³-hybridized carbons (Fsp3) is 0.238. The standard InChI is InChI=1S/C21H21BrN2O3S/c1-4-26-18-8-6-5-7-16(18)17-12-28-21(23-17)24-19(25)11-27-20-13(2)9-15(22)10-14(20)3/h5-10,12H,4,11H2,1-3H3,(H,23,24,25). The number of anilines is 1. The van der Waals surface area contributed by atoms with Crippen molar-refractivity contribution in [1.29, 1.82) is 0 Å². The second-order valence-corrected chi connectivity index (χ2v) is 7.95. The van der Waals surface area contributed by atoms with Crippen LogP contribution in [0.2, 0.25) is 0 Å². The van der Waals surface area contributed by atoms with E-state index in [1.165, 1.54) is 11.3 Å². The number of thiazole rings is 1. The lowest BCUT2D eigenvalue weighted by atomic mass is 10.1. The molecule has 0 atom stereocenters. The summed E-state index contributed by atoms with van der Waals surface area (Å²) < 4.78 is 12.4. The van der Waals surface area contributed by atoms with Crippen molar-refractivity contribution in [2.45, 2.75) is 20.8 Å². The first-order valence-corrected chi connectivity index (χ1v) is 10.5. The number of amides is 1. The Morgan fingerprint density at radius 1 is 1.18 bits per heavy atom. The number of ether oxygens (including phenoxy) is 2. The summed E-state index contributed by atoms with van der Waals surface area (Å²) >= 11 is 4.83. The van der Waals surface area contributed by atoms with E-state index in [0.29, 0.717) is 11.7 Å². The maximum Gasteiger partial charge on any atom is 0.264 e. The number of aromatic nitrogens is 1. The van der Waals surface area contributed by atoms with Gasteiger partial charge in [-0.2, -0.15) is 0 Å². The van der Waals surface area contributed by atoms with Crippen LogP contribution in [0, 0.1) is 13.8 Å². The lowest BCUT2D eigenvalue weighted by Gasteiger charge is -2.12. The van der Waals surface area contributed by atoms with Crippen LogP contribution in [0.3, 0.4) is 0 Å². The number of nitrogens with one attached hydrogen (secondary N) is 1. The molecule has 0 fully saturated rings. The minimum absolute atomic E-state index is 0.0756. The van der Waals surface area contributed by atoms with Crippen LogP contribution in [-0.2, 0) is 4.79 Å². The molecule has 0 aliphatic carbocycles. The molecule has 1 amide bonds. The molecular weight excluding hydrogens is 440 g/mol. The molecule has 3 aromatic rings. The van der Waals surface area contributed by atoms with Crippen molar-refractivity contribution in [3.63, 3.8) is 0 Å². The summed E-state index contributed by atoms with van der Waals surface area (Å²) in [6, 6.07) is 11.6. The Balaban J connectivity index is 1.65. The molecule has 1 heterocycles. The van der Waals surface area contributed by atoms with E-state index in [-0.39, 0.29) is 12.5 Å². The molecule has 7 heteroatoms. The van der Waals surface area contributed by atoms with Crippen molar-refractivity contribution in [1.82, 2.24) is 4.98 Å². The predicted octanol–water partition coefficient (Wildman–Crippen LogP) is 5.61. The summed E-state index contributed by atoms with van der Waals surface area (Å²) in [7, 11) is 0. The fourth-order valence-corrected chi connectivity index (χ4v) is 4.25. The zero-order chi connectivity index (χ0) is 20.1. The highest BCUT2D eigenvalue weighted by molar-refractivity contribution is 9.10. The minimum Gasteiger partial charge on any atom is -0.493 e. The van der Waals surface area contributed by atoms with E-state index in [1.54, 1.807) is 0 Å². The van der Waals surface area contributed by atoms with Gasteiger partial charge >= 0.3 is 0 Å². The third-order valence-corrected chi connectivity index (χ3v) is 5.20. The van der Waals surface area contributed by atoms with Crippen molar-refractivity contribution < 1.29 is 14.3 Å². The topological polar surface area (TPSA) is 60.5 Å². The number of halogens is 1. The normalized spacial score (nSPS) is 10.6. The Hall–Kier alpha value is -2.38. The van der Waals surface area contributed by atoms with Gasteiger partial charge in [0.2, 0.25) is 0 Å². The number of rotatable bonds is 7. The van der Waals surface area contributed by atoms with Gasteiger partial charge in [0, 0.05) is 15.4 Å². The van der Waals surface area contributed by atoms with E-state index >= 15 is 0 Å². The van der Waals surface area contributed by atoms with Crippen LogP contribution in [0.1, 0.15) is 18.1 Å². The Morgan fingerprint density at radius 2 is 1.89 bits per heavy atom. The van der Waals surface area contributed by atoms with E-state index in [2.05, 4.69) is 26.2 Å². The lowest BCUT2D eigenvalue weighted by molar-refractivity contribution is -0.118. The molecule has 0 aliphatic heterocycles. The van der Waals surface area contributed by atoms with Gasteiger partial charge in [-0.1, -0.05) is 28.1 Å². The zero-order valence-electron chi connectivity index (χ0n) is 15.9. The quantitative estimate of drug-likeness (QED) is 0.497. The number of carbonyl (C=O) groups excluding carboxylic acids is 1. The first kappa shape index (κ1) is 20.4. The Morgan fingerprint density at radius 3 is 2.61 bits per heavy atom. The molecule has 0 bridgehead atoms. The monoisotopic (exact) mass is 460 g/mol. The van der Waals surface area contributed by atoms with Crippen molar-refractivity contribution in [3.8, 4) is 22.8 Å². The number of benzene rings is 2. The van der Waals surface area contributed by atoms with Crippen LogP contribution < -0.4 is 14.8 Å². The van der Waals surface area contributed by atoms with Gasteiger partial charge in [-0.3, -0.25) is 10.1 Å². The van der Waals surface area contributed by atoms with E-state index in [4.69, 9.17) is 9.47 Å². The maximum absolute atomic E-state index is 12.3. The number of carbonyl (C=O) groups is 1. The van der Waals surface area contributed by atoms with Crippen LogP contribution in [0.15, 0.2) is 46.3 Å². The molecule has 3 rings (SSSR count). The molecule has 146 valence electrons. The summed E-state index contributed by atoms with van der Waals surface area (Å²) in [5.74, 6) is 1.25. The highest BCUT2D eigenvalue weighted by atomic mass is 79.9. The smallest absolute Gasteiger partial charge is 0.264 e. The van der Waals surface area contributed by atoms with Crippen molar-refractivity contribution >= 4 is 38.3 Å². The lowest BCUT2D eigenvalue weighted by Crippen LogP contribution is -2.20. The van der Waals surface area contributed by atoms with Crippen molar-refractivity contribution in [2.24, 2.45) is 0 Å². The Labute approximate surface area is 176 Å². The largest absolute Gasteiger partial charge is 0.493 e. The molecule has 0 unspecified atom stereocenters. The second-order valence-electron chi connectivity index (χ2n) is 6.17. The van der Waals surface area contributed by atoms with Gasteiger partial charge in [0.15, 0.2) is 11.7 Å². The Kier molecular flexibility index (Phi) is 6.70. The predicted molar refractivity (Wildman–Crippen MR) is 116 cm³/mol. The third kappa shape index (κ3) is 4.91. The molecule has 0 saturated heterocycles. The van der Waals surface area contributed by atoms with E-state index < -0.39 is 0 Å². The molecule has 1 N–H and O–H groups in total. The number of hydrogen-bond acceptors (Lipinski definition) is 5. The van der Waals surface area contributed by atoms with Crippen LogP contribution in [0.25, 0.3) is 11.3 Å². The van der Waals surface area contributed by atoms with Gasteiger partial charge in [-0.25, -0.2) is 4.98 Å². The molecule has 28 heavy (non-hydrogen) atoms. The fourth-order valence-electron chi connectivity index (χ4n) is 2.83. The molecule has 0 radical (unpaired) electrons. The van der Waals surface area contributed by atoms with E-state index in [0.717, 1.165) is 38.4 Å². The number of para-hydroxylation sites is 1. The molecule has 0 spiro atoms. The summed E-state index contributed by atoms with van der Waals surface area (Å²) in [5.41, 5.74) is 3.62. The average Bonchev–Trinajstić information content (AvgIpc) is 3.09. The zero-order valence-corrected chi connectivity index (χ0v) is 18.3. The highest BCUT2D eigenvalue weighted by Gasteiger charge is 2.13. The minimum atomic E-state index is -0.249. The SMILES string of the molecule is CCOc1ccccc1-c1csc(NC(=O)COc2c(C)cc(Br)cc2C)n1. The van der Waals surface area contributed by atoms with Gasteiger partial charge in [0.1, 0.15) is 11.5 Å². The van der Waals surface area contributed by atoms with Gasteiger partial charge < -0.3 is 9.47 Å². The average molecular weight is 461 g/mol. The van der Waals surface area contributed by atoms with Gasteiger partial charge in [0.05, 0.1) is 12.3 Å². The van der Waals surface area contributed by atoms with Crippen LogP contribution in [0.4, 0.5) is 5.13 Å². The summed E-state index contributed by atoms with van der Waals surface area (Å²) in [6.07, 6.45) is 0. The molecule has 1 aromatic heterocycles. The summed E-state index contributed by atoms with van der Waals surface area (Å²) in [5, 5.41) is 5.22. The molecular formula is C21H21BrN2O3S. The molecule has 5 nitrogen and oxygen atoms in total. The molecule has 0 aliphatic rings. The van der Waals surface area contributed by atoms with E-state index in [1.807, 2.05) is 62.5 Å². The van der Waals surface area contributed by atoms with Gasteiger partial charge in [-0.15, -0.1) is 11.3 Å². The first-order valence-electron chi connectivity index (χ1n) is 8.85. The van der Waals surface area contributed by atoms with E-state index in [9.17, 15) is 4.79 Å². The number of aryl methyl sites for hydroxylation is 2. The second kappa shape index (κ2) is 9.21. The third-order valence-electron chi connectivity index (χ3n) is 3.99. The van der Waals surface area contributed by atoms with Crippen LogP contribution in [0.5, 0.6) is 11.5 Å². The summed E-state index contributed by atoms with van der Waals surface area (Å²) in [6.45, 7) is 6.35. The Bertz CT molecular complexity index is 964. The van der Waals surface area contributed by atoms with Gasteiger partial charge in [-0.05, 0) is 56.2 Å². The summed E-state index contributed by atoms with van der Waals surface area (Å²) in [4.78, 5) is 16.8. The van der Waals surface area contributed by atoms with Gasteiger partial charge in [0.25, 0.3) is 5.91 Å². The number of hydrogen-bond donors (Lipinski definition) is 1. The number of nitrogens with zero attached hydrogens (tertiary/aromatic N) is 1. The maximum atomic E-state index is 12.3. The highest BCUT2D eigenvalue weighted by Crippen LogP contribution is 2.32. The van der Waals surface area contributed by atoms with Crippen LogP contribution >= 0.6 is 27.3 Å².